The average molecular weight is 1270 g/mol. The monoisotopic (exact) mass is 1270 g/mol. The molecule has 0 amide bonds. The third kappa shape index (κ3) is 15.3. The van der Waals surface area contributed by atoms with Gasteiger partial charge in [-0.1, -0.05) is 33.6 Å². The van der Waals surface area contributed by atoms with Crippen molar-refractivity contribution < 1.29 is 46.9 Å². The number of thiazole rings is 1. The molecule has 0 radical (unpaired) electrons. The number of nitrogens with one attached hydrogen (secondary N) is 1. The second-order valence-electron chi connectivity index (χ2n) is 16.3. The molecule has 0 aliphatic rings. The van der Waals surface area contributed by atoms with Crippen LogP contribution in [0.3, 0.4) is 0 Å². The van der Waals surface area contributed by atoms with Gasteiger partial charge in [0.25, 0.3) is 0 Å². The van der Waals surface area contributed by atoms with Crippen LogP contribution in [-0.2, 0) is 15.7 Å². The number of hydrogen-bond acceptors (Lipinski definition) is 17. The molecule has 0 bridgehead atoms. The van der Waals surface area contributed by atoms with Gasteiger partial charge in [0, 0.05) is 60.4 Å². The van der Waals surface area contributed by atoms with Gasteiger partial charge >= 0.3 is 24.1 Å². The molecule has 0 saturated heterocycles. The summed E-state index contributed by atoms with van der Waals surface area (Å²) in [7, 11) is 0. The molecular weight excluding hydrogens is 1230 g/mol. The van der Waals surface area contributed by atoms with E-state index in [0.717, 1.165) is 51.9 Å². The molecule has 77 heavy (non-hydrogen) atoms. The van der Waals surface area contributed by atoms with Crippen molar-refractivity contribution in [1.82, 2.24) is 62.5 Å². The number of halogens is 6. The zero-order valence-electron chi connectivity index (χ0n) is 40.8. The van der Waals surface area contributed by atoms with Gasteiger partial charge in [-0.3, -0.25) is 18.0 Å². The second kappa shape index (κ2) is 26.5. The second-order valence-corrected chi connectivity index (χ2v) is 19.8. The molecule has 0 fully saturated rings. The first-order chi connectivity index (χ1) is 36.9. The Labute approximate surface area is 464 Å². The molecule has 1 atom stereocenters. The van der Waals surface area contributed by atoms with E-state index in [1.165, 1.54) is 35.9 Å². The van der Waals surface area contributed by atoms with E-state index in [1.54, 1.807) is 92.0 Å². The number of esters is 2. The van der Waals surface area contributed by atoms with Gasteiger partial charge in [0.2, 0.25) is 0 Å². The molecule has 28 heteroatoms. The van der Waals surface area contributed by atoms with E-state index >= 15 is 0 Å². The Bertz CT molecular complexity index is 3660. The van der Waals surface area contributed by atoms with Gasteiger partial charge in [-0.15, -0.1) is 11.3 Å². The van der Waals surface area contributed by atoms with Crippen LogP contribution in [0.1, 0.15) is 111 Å². The van der Waals surface area contributed by atoms with Crippen molar-refractivity contribution in [3.8, 4) is 0 Å². The lowest BCUT2D eigenvalue weighted by molar-refractivity contribution is -0.137. The van der Waals surface area contributed by atoms with Crippen LogP contribution >= 0.6 is 59.1 Å². The van der Waals surface area contributed by atoms with Crippen molar-refractivity contribution in [3.63, 3.8) is 0 Å². The Morgan fingerprint density at radius 2 is 1.12 bits per heavy atom. The Balaban J connectivity index is 0.000000159. The van der Waals surface area contributed by atoms with Gasteiger partial charge in [-0.2, -0.15) is 13.2 Å². The van der Waals surface area contributed by atoms with E-state index in [-0.39, 0.29) is 35.5 Å². The topological polar surface area (TPSA) is 253 Å². The maximum absolute atomic E-state index is 12.7. The number of alkyl halides is 3. The minimum absolute atomic E-state index is 0.00815. The first kappa shape index (κ1) is 57.2. The maximum Gasteiger partial charge on any atom is 0.416 e. The number of hydrogen-bond donors (Lipinski definition) is 2. The average Bonchev–Trinajstić information content (AvgIpc) is 4.29. The molecule has 21 nitrogen and oxygen atoms in total. The Kier molecular flexibility index (Phi) is 19.6. The summed E-state index contributed by atoms with van der Waals surface area (Å²) in [4.78, 5) is 83.8. The zero-order chi connectivity index (χ0) is 55.2. The highest BCUT2D eigenvalue weighted by Crippen LogP contribution is 2.33. The molecule has 0 spiro atoms. The fourth-order valence-corrected chi connectivity index (χ4v) is 8.60. The molecule has 10 aromatic rings. The smallest absolute Gasteiger partial charge is 0.416 e. The van der Waals surface area contributed by atoms with E-state index in [4.69, 9.17) is 14.6 Å². The normalized spacial score (nSPS) is 11.5. The number of fused-ring (bicyclic) bond motifs is 4. The molecular formula is C49H44Br3F3N14O7S. The predicted molar refractivity (Wildman–Crippen MR) is 287 cm³/mol. The van der Waals surface area contributed by atoms with Gasteiger partial charge in [-0.05, 0) is 90.8 Å². The molecule has 10 rings (SSSR count). The number of unbranched alkanes of at least 4 members (excludes halogenated alkanes) is 2. The molecule has 0 aliphatic carbocycles. The number of imidazole rings is 4. The summed E-state index contributed by atoms with van der Waals surface area (Å²) in [5.74, 6) is -2.05. The van der Waals surface area contributed by atoms with E-state index in [2.05, 4.69) is 98.0 Å². The number of aromatic carboxylic acids is 1. The van der Waals surface area contributed by atoms with Crippen LogP contribution in [0.25, 0.3) is 22.6 Å². The van der Waals surface area contributed by atoms with Crippen molar-refractivity contribution in [2.24, 2.45) is 0 Å². The lowest BCUT2D eigenvalue weighted by Crippen LogP contribution is -2.09. The number of carbonyl (C=O) groups is 4. The Morgan fingerprint density at radius 3 is 1.64 bits per heavy atom. The quantitative estimate of drug-likeness (QED) is 0.0550. The number of benzene rings is 1. The number of carboxylic acid groups (broad SMARTS) is 1. The number of ketones is 1. The minimum atomic E-state index is -4.37. The van der Waals surface area contributed by atoms with Crippen molar-refractivity contribution in [2.75, 3.05) is 18.5 Å². The van der Waals surface area contributed by atoms with Crippen molar-refractivity contribution in [3.05, 3.63) is 158 Å². The first-order valence-corrected chi connectivity index (χ1v) is 26.4. The van der Waals surface area contributed by atoms with E-state index in [1.807, 2.05) is 20.8 Å². The van der Waals surface area contributed by atoms with Gasteiger partial charge in [0.05, 0.1) is 62.2 Å². The standard InChI is InChI=1S/C20H15BrF3N5OS.C11H12BrN3O2.C11H13N3O2.C7H4BrN3O2/c1-11(6-15(30)14-10-29-17(21)8-26-18(29)9-25-14)16-7-27-19(31-16)28-13-4-2-12(3-5-13)20(22,23)24;1-2-3-4-17-11(16)8-7-15-9(12)5-14-10(15)6-13-8;1-2-3-6-16-11(15)9-8-14-5-4-12-10(14)7-13-9;8-5-1-10-6-2-9-4(7(12)13)3-11(5)6/h2-5,7-11H,6H2,1H3,(H,27,28);5-7H,2-4H2,1H3;4-5,7-8H,2-3,6H2,1H3;1-3H,(H,12,13). The summed E-state index contributed by atoms with van der Waals surface area (Å²) in [5, 5.41) is 12.2. The third-order valence-corrected chi connectivity index (χ3v) is 13.6. The van der Waals surface area contributed by atoms with Gasteiger partial charge in [0.15, 0.2) is 50.6 Å². The van der Waals surface area contributed by atoms with Crippen LogP contribution in [0.4, 0.5) is 24.0 Å². The van der Waals surface area contributed by atoms with Gasteiger partial charge in [-0.25, -0.2) is 59.2 Å². The molecule has 9 heterocycles. The highest BCUT2D eigenvalue weighted by molar-refractivity contribution is 9.11. The predicted octanol–water partition coefficient (Wildman–Crippen LogP) is 11.4. The fourth-order valence-electron chi connectivity index (χ4n) is 6.56. The molecule has 9 aromatic heterocycles. The van der Waals surface area contributed by atoms with Crippen LogP contribution in [0.15, 0.2) is 125 Å². The van der Waals surface area contributed by atoms with Crippen LogP contribution in [-0.4, -0.2) is 104 Å². The number of anilines is 2. The number of carboxylic acids is 1. The van der Waals surface area contributed by atoms with Crippen molar-refractivity contribution in [1.29, 1.82) is 0 Å². The molecule has 1 aromatic carbocycles. The van der Waals surface area contributed by atoms with Crippen LogP contribution < -0.4 is 5.32 Å². The number of Topliss-reactive ketones (excluding diaryl/α,β-unsaturated/α-hetero) is 1. The Hall–Kier alpha value is -7.56. The third-order valence-electron chi connectivity index (χ3n) is 10.7. The zero-order valence-corrected chi connectivity index (χ0v) is 46.4. The maximum atomic E-state index is 12.7. The highest BCUT2D eigenvalue weighted by Gasteiger charge is 2.30. The van der Waals surface area contributed by atoms with Crippen LogP contribution in [0.2, 0.25) is 0 Å². The summed E-state index contributed by atoms with van der Waals surface area (Å²) >= 11 is 11.3. The number of nitrogens with zero attached hydrogens (tertiary/aromatic N) is 13. The highest BCUT2D eigenvalue weighted by atomic mass is 79.9. The van der Waals surface area contributed by atoms with Crippen LogP contribution in [0.5, 0.6) is 0 Å². The molecule has 1 unspecified atom stereocenters. The largest absolute Gasteiger partial charge is 0.476 e. The van der Waals surface area contributed by atoms with Crippen molar-refractivity contribution >= 4 is 116 Å². The number of carbonyl (C=O) groups excluding carboxylic acids is 3. The number of rotatable bonds is 15. The lowest BCUT2D eigenvalue weighted by Gasteiger charge is -2.08. The van der Waals surface area contributed by atoms with Crippen molar-refractivity contribution in [2.45, 2.75) is 65.0 Å². The summed E-state index contributed by atoms with van der Waals surface area (Å²) in [6.45, 7) is 6.88. The number of aromatic nitrogens is 13. The molecule has 400 valence electrons. The molecule has 0 aliphatic heterocycles. The van der Waals surface area contributed by atoms with E-state index < -0.39 is 23.7 Å². The molecule has 2 N–H and O–H groups in total. The minimum Gasteiger partial charge on any atom is -0.476 e. The summed E-state index contributed by atoms with van der Waals surface area (Å²) < 4.78 is 57.2. The first-order valence-electron chi connectivity index (χ1n) is 23.2. The van der Waals surface area contributed by atoms with Gasteiger partial charge in [0.1, 0.15) is 19.5 Å². The Morgan fingerprint density at radius 1 is 0.636 bits per heavy atom. The fraction of sp³-hybridized carbons (Fsp3) is 0.245. The number of ether oxygens (including phenoxy) is 2. The summed E-state index contributed by atoms with van der Waals surface area (Å²) in [5.41, 5.74) is 3.35. The lowest BCUT2D eigenvalue weighted by atomic mass is 10.0. The van der Waals surface area contributed by atoms with Gasteiger partial charge < -0.3 is 24.3 Å². The van der Waals surface area contributed by atoms with E-state index in [9.17, 15) is 32.3 Å². The SMILES string of the molecule is CC(CC(=O)c1cn2c(Br)cnc2cn1)c1cnc(Nc2ccc(C(F)(F)F)cc2)s1.CCCCOC(=O)c1cn2c(Br)cnc2cn1.CCCCOC(=O)c1cn2ccnc2cn1.O=C(O)c1cn2c(Br)cnc2cn1. The summed E-state index contributed by atoms with van der Waals surface area (Å²) in [6.07, 6.45) is 21.9. The van der Waals surface area contributed by atoms with Crippen LogP contribution in [0, 0.1) is 0 Å². The molecule has 0 saturated carbocycles. The van der Waals surface area contributed by atoms with E-state index in [0.29, 0.717) is 62.6 Å². The summed E-state index contributed by atoms with van der Waals surface area (Å²) in [6, 6.07) is 4.74.